The smallest absolute Gasteiger partial charge is 0.260 e. The minimum atomic E-state index is -0.0454. The molecule has 2 saturated heterocycles. The van der Waals surface area contributed by atoms with Gasteiger partial charge in [-0.1, -0.05) is 11.6 Å². The van der Waals surface area contributed by atoms with Gasteiger partial charge in [-0.15, -0.1) is 0 Å². The summed E-state index contributed by atoms with van der Waals surface area (Å²) in [6.07, 6.45) is 3.37. The fourth-order valence-corrected chi connectivity index (χ4v) is 4.06. The van der Waals surface area contributed by atoms with Crippen LogP contribution in [-0.4, -0.2) is 49.1 Å². The summed E-state index contributed by atoms with van der Waals surface area (Å²) in [6, 6.07) is 14.6. The number of amides is 2. The molecule has 2 aromatic rings. The number of carbonyl (C=O) groups is 2. The molecule has 0 spiro atoms. The summed E-state index contributed by atoms with van der Waals surface area (Å²) >= 11 is 5.90. The highest BCUT2D eigenvalue weighted by Crippen LogP contribution is 2.25. The number of ether oxygens (including phenoxy) is 2. The second kappa shape index (κ2) is 9.39. The van der Waals surface area contributed by atoms with Crippen molar-refractivity contribution in [3.63, 3.8) is 0 Å². The van der Waals surface area contributed by atoms with Gasteiger partial charge in [0.1, 0.15) is 18.1 Å². The van der Waals surface area contributed by atoms with Crippen molar-refractivity contribution < 1.29 is 19.1 Å². The molecular weight excluding hydrogens is 404 g/mol. The third kappa shape index (κ3) is 4.87. The first-order valence-corrected chi connectivity index (χ1v) is 10.7. The molecule has 6 nitrogen and oxygen atoms in total. The monoisotopic (exact) mass is 428 g/mol. The molecule has 158 valence electrons. The van der Waals surface area contributed by atoms with Crippen molar-refractivity contribution in [2.75, 3.05) is 31.2 Å². The molecule has 7 heteroatoms. The number of hydrogen-bond donors (Lipinski definition) is 0. The normalized spacial score (nSPS) is 18.7. The fraction of sp³-hybridized carbons (Fsp3) is 0.391. The Bertz CT molecular complexity index is 885. The van der Waals surface area contributed by atoms with Gasteiger partial charge in [0.05, 0.1) is 6.04 Å². The van der Waals surface area contributed by atoms with Gasteiger partial charge in [0.2, 0.25) is 5.91 Å². The molecule has 2 aliphatic heterocycles. The van der Waals surface area contributed by atoms with E-state index in [-0.39, 0.29) is 24.5 Å². The SMILES string of the molecule is O=C1CCCN1c1ccc(OCC(=O)N2CCC[C@H]2COc2ccc(Cl)cc2)cc1. The zero-order chi connectivity index (χ0) is 20.9. The number of halogens is 1. The van der Waals surface area contributed by atoms with E-state index < -0.39 is 0 Å². The van der Waals surface area contributed by atoms with Crippen molar-refractivity contribution in [1.29, 1.82) is 0 Å². The number of rotatable bonds is 7. The van der Waals surface area contributed by atoms with Crippen molar-refractivity contribution in [1.82, 2.24) is 4.90 Å². The lowest BCUT2D eigenvalue weighted by molar-refractivity contribution is -0.134. The van der Waals surface area contributed by atoms with Crippen LogP contribution in [-0.2, 0) is 9.59 Å². The number of nitrogens with zero attached hydrogens (tertiary/aromatic N) is 2. The van der Waals surface area contributed by atoms with Gasteiger partial charge >= 0.3 is 0 Å². The van der Waals surface area contributed by atoms with E-state index >= 15 is 0 Å². The maximum Gasteiger partial charge on any atom is 0.260 e. The molecule has 2 amide bonds. The lowest BCUT2D eigenvalue weighted by Crippen LogP contribution is -2.41. The third-order valence-electron chi connectivity index (χ3n) is 5.54. The third-order valence-corrected chi connectivity index (χ3v) is 5.79. The summed E-state index contributed by atoms with van der Waals surface area (Å²) in [4.78, 5) is 28.1. The second-order valence-electron chi connectivity index (χ2n) is 7.58. The highest BCUT2D eigenvalue weighted by Gasteiger charge is 2.29. The summed E-state index contributed by atoms with van der Waals surface area (Å²) in [5.74, 6) is 1.47. The van der Waals surface area contributed by atoms with Gasteiger partial charge in [0.25, 0.3) is 5.91 Å². The van der Waals surface area contributed by atoms with Crippen molar-refractivity contribution >= 4 is 29.1 Å². The van der Waals surface area contributed by atoms with Crippen molar-refractivity contribution in [2.24, 2.45) is 0 Å². The number of anilines is 1. The van der Waals surface area contributed by atoms with Crippen LogP contribution >= 0.6 is 11.6 Å². The highest BCUT2D eigenvalue weighted by molar-refractivity contribution is 6.30. The number of benzene rings is 2. The van der Waals surface area contributed by atoms with E-state index in [0.29, 0.717) is 30.3 Å². The predicted molar refractivity (Wildman–Crippen MR) is 115 cm³/mol. The fourth-order valence-electron chi connectivity index (χ4n) is 3.93. The van der Waals surface area contributed by atoms with Gasteiger partial charge in [-0.25, -0.2) is 0 Å². The first kappa shape index (κ1) is 20.5. The Morgan fingerprint density at radius 3 is 2.37 bits per heavy atom. The maximum atomic E-state index is 12.7. The Balaban J connectivity index is 1.27. The van der Waals surface area contributed by atoms with E-state index in [2.05, 4.69) is 0 Å². The standard InChI is InChI=1S/C23H25ClN2O4/c24-17-5-9-20(10-6-17)29-15-19-3-1-13-26(19)23(28)16-30-21-11-7-18(8-12-21)25-14-2-4-22(25)27/h5-12,19H,1-4,13-16H2/t19-/m0/s1. The van der Waals surface area contributed by atoms with Crippen LogP contribution in [0.1, 0.15) is 25.7 Å². The zero-order valence-corrected chi connectivity index (χ0v) is 17.5. The van der Waals surface area contributed by atoms with Gasteiger partial charge in [0.15, 0.2) is 6.61 Å². The topological polar surface area (TPSA) is 59.1 Å². The van der Waals surface area contributed by atoms with E-state index in [4.69, 9.17) is 21.1 Å². The first-order valence-electron chi connectivity index (χ1n) is 10.3. The quantitative estimate of drug-likeness (QED) is 0.670. The molecule has 2 aliphatic rings. The minimum Gasteiger partial charge on any atom is -0.491 e. The summed E-state index contributed by atoms with van der Waals surface area (Å²) < 4.78 is 11.5. The van der Waals surface area contributed by atoms with Gasteiger partial charge in [-0.2, -0.15) is 0 Å². The highest BCUT2D eigenvalue weighted by atomic mass is 35.5. The molecule has 0 radical (unpaired) electrons. The Morgan fingerprint density at radius 1 is 0.967 bits per heavy atom. The van der Waals surface area contributed by atoms with Crippen LogP contribution in [0.5, 0.6) is 11.5 Å². The maximum absolute atomic E-state index is 12.7. The Labute approximate surface area is 181 Å². The largest absolute Gasteiger partial charge is 0.491 e. The van der Waals surface area contributed by atoms with E-state index in [0.717, 1.165) is 37.2 Å². The Morgan fingerprint density at radius 2 is 1.67 bits per heavy atom. The molecule has 0 bridgehead atoms. The molecule has 2 fully saturated rings. The molecule has 1 atom stereocenters. The molecule has 0 aromatic heterocycles. The lowest BCUT2D eigenvalue weighted by Gasteiger charge is -2.25. The van der Waals surface area contributed by atoms with Gasteiger partial charge in [-0.3, -0.25) is 9.59 Å². The molecule has 2 aromatic carbocycles. The van der Waals surface area contributed by atoms with Crippen LogP contribution in [0.4, 0.5) is 5.69 Å². The van der Waals surface area contributed by atoms with E-state index in [1.807, 2.05) is 29.2 Å². The number of hydrogen-bond acceptors (Lipinski definition) is 4. The van der Waals surface area contributed by atoms with Crippen LogP contribution in [0.15, 0.2) is 48.5 Å². The van der Waals surface area contributed by atoms with Crippen molar-refractivity contribution in [2.45, 2.75) is 31.7 Å². The van der Waals surface area contributed by atoms with Crippen LogP contribution in [0.3, 0.4) is 0 Å². The van der Waals surface area contributed by atoms with Crippen molar-refractivity contribution in [3.8, 4) is 11.5 Å². The van der Waals surface area contributed by atoms with Crippen molar-refractivity contribution in [3.05, 3.63) is 53.6 Å². The van der Waals surface area contributed by atoms with E-state index in [1.165, 1.54) is 0 Å². The predicted octanol–water partition coefficient (Wildman–Crippen LogP) is 3.92. The van der Waals surface area contributed by atoms with Crippen LogP contribution in [0, 0.1) is 0 Å². The molecule has 30 heavy (non-hydrogen) atoms. The summed E-state index contributed by atoms with van der Waals surface area (Å²) in [5, 5.41) is 0.664. The van der Waals surface area contributed by atoms with Crippen LogP contribution < -0.4 is 14.4 Å². The van der Waals surface area contributed by atoms with Gasteiger partial charge in [0, 0.05) is 30.2 Å². The first-order chi connectivity index (χ1) is 14.6. The number of likely N-dealkylation sites (tertiary alicyclic amines) is 1. The molecular formula is C23H25ClN2O4. The summed E-state index contributed by atoms with van der Waals surface area (Å²) in [5.41, 5.74) is 0.870. The van der Waals surface area contributed by atoms with Gasteiger partial charge in [-0.05, 0) is 67.8 Å². The minimum absolute atomic E-state index is 0.0144. The van der Waals surface area contributed by atoms with Crippen LogP contribution in [0.2, 0.25) is 5.02 Å². The molecule has 2 heterocycles. The Hall–Kier alpha value is -2.73. The summed E-state index contributed by atoms with van der Waals surface area (Å²) in [6.45, 7) is 1.91. The number of carbonyl (C=O) groups excluding carboxylic acids is 2. The van der Waals surface area contributed by atoms with E-state index in [1.54, 1.807) is 29.2 Å². The molecule has 0 aliphatic carbocycles. The molecule has 0 saturated carbocycles. The lowest BCUT2D eigenvalue weighted by atomic mass is 10.2. The van der Waals surface area contributed by atoms with E-state index in [9.17, 15) is 9.59 Å². The molecule has 0 N–H and O–H groups in total. The average molecular weight is 429 g/mol. The second-order valence-corrected chi connectivity index (χ2v) is 8.02. The average Bonchev–Trinajstić information content (AvgIpc) is 3.41. The molecule has 4 rings (SSSR count). The van der Waals surface area contributed by atoms with Gasteiger partial charge < -0.3 is 19.3 Å². The molecule has 0 unspecified atom stereocenters. The Kier molecular flexibility index (Phi) is 6.43. The zero-order valence-electron chi connectivity index (χ0n) is 16.8. The summed E-state index contributed by atoms with van der Waals surface area (Å²) in [7, 11) is 0. The van der Waals surface area contributed by atoms with Crippen LogP contribution in [0.25, 0.3) is 0 Å².